The largest absolute Gasteiger partial charge is 0.273 e. The van der Waals surface area contributed by atoms with Gasteiger partial charge < -0.3 is 0 Å². The van der Waals surface area contributed by atoms with Crippen LogP contribution >= 0.6 is 0 Å². The highest BCUT2D eigenvalue weighted by molar-refractivity contribution is 5.96. The summed E-state index contributed by atoms with van der Waals surface area (Å²) in [6.45, 7) is 0. The van der Waals surface area contributed by atoms with E-state index in [2.05, 4.69) is 45.4 Å². The molecule has 126 valence electrons. The fourth-order valence-electron chi connectivity index (χ4n) is 3.93. The van der Waals surface area contributed by atoms with E-state index in [-0.39, 0.29) is 24.7 Å². The van der Waals surface area contributed by atoms with E-state index >= 15 is 0 Å². The SMILES string of the molecule is O=C(CCC(=O)N/N=C1/C[C@H]2CC=C[C@@H]12)N/N=C1/C[C@H]2CC=C[C@H]12. The van der Waals surface area contributed by atoms with Gasteiger partial charge in [0.1, 0.15) is 0 Å². The number of amides is 2. The third-order valence-corrected chi connectivity index (χ3v) is 5.52. The highest BCUT2D eigenvalue weighted by Gasteiger charge is 2.38. The average Bonchev–Trinajstić information content (AvgIpc) is 3.09. The van der Waals surface area contributed by atoms with Gasteiger partial charge in [-0.25, -0.2) is 10.9 Å². The summed E-state index contributed by atoms with van der Waals surface area (Å²) in [6, 6.07) is 0. The summed E-state index contributed by atoms with van der Waals surface area (Å²) in [4.78, 5) is 23.6. The van der Waals surface area contributed by atoms with Crippen LogP contribution in [0.15, 0.2) is 34.5 Å². The predicted molar refractivity (Wildman–Crippen MR) is 91.1 cm³/mol. The lowest BCUT2D eigenvalue weighted by Gasteiger charge is -2.31. The Hall–Kier alpha value is -2.24. The average molecular weight is 326 g/mol. The second-order valence-electron chi connectivity index (χ2n) is 7.08. The van der Waals surface area contributed by atoms with Crippen molar-refractivity contribution in [1.29, 1.82) is 0 Å². The number of nitrogens with zero attached hydrogens (tertiary/aromatic N) is 2. The molecule has 2 saturated carbocycles. The van der Waals surface area contributed by atoms with Crippen molar-refractivity contribution < 1.29 is 9.59 Å². The van der Waals surface area contributed by atoms with Gasteiger partial charge in [-0.15, -0.1) is 0 Å². The molecule has 4 aliphatic rings. The minimum absolute atomic E-state index is 0.128. The Kier molecular flexibility index (Phi) is 4.04. The van der Waals surface area contributed by atoms with Crippen molar-refractivity contribution in [1.82, 2.24) is 10.9 Å². The first kappa shape index (κ1) is 15.3. The molecule has 6 nitrogen and oxygen atoms in total. The van der Waals surface area contributed by atoms with Gasteiger partial charge in [-0.05, 0) is 37.5 Å². The van der Waals surface area contributed by atoms with E-state index < -0.39 is 0 Å². The number of fused-ring (bicyclic) bond motifs is 2. The number of allylic oxidation sites excluding steroid dienone is 4. The molecule has 2 N–H and O–H groups in total. The first-order valence-corrected chi connectivity index (χ1v) is 8.74. The summed E-state index contributed by atoms with van der Waals surface area (Å²) in [6.07, 6.45) is 13.1. The van der Waals surface area contributed by atoms with Crippen LogP contribution < -0.4 is 10.9 Å². The Morgan fingerprint density at radius 3 is 1.75 bits per heavy atom. The van der Waals surface area contributed by atoms with Gasteiger partial charge in [0, 0.05) is 36.1 Å². The molecule has 0 aromatic heterocycles. The molecular weight excluding hydrogens is 304 g/mol. The summed E-state index contributed by atoms with van der Waals surface area (Å²) >= 11 is 0. The van der Waals surface area contributed by atoms with E-state index in [9.17, 15) is 9.59 Å². The summed E-state index contributed by atoms with van der Waals surface area (Å²) < 4.78 is 0. The number of nitrogens with one attached hydrogen (secondary N) is 2. The topological polar surface area (TPSA) is 82.9 Å². The lowest BCUT2D eigenvalue weighted by atomic mass is 9.74. The molecule has 24 heavy (non-hydrogen) atoms. The molecule has 0 bridgehead atoms. The molecule has 0 spiro atoms. The molecule has 0 saturated heterocycles. The highest BCUT2D eigenvalue weighted by atomic mass is 16.2. The first-order valence-electron chi connectivity index (χ1n) is 8.74. The van der Waals surface area contributed by atoms with E-state index in [1.807, 2.05) is 0 Å². The number of hydrogen-bond donors (Lipinski definition) is 2. The summed E-state index contributed by atoms with van der Waals surface area (Å²) in [5.74, 6) is 1.76. The van der Waals surface area contributed by atoms with E-state index in [0.29, 0.717) is 23.7 Å². The van der Waals surface area contributed by atoms with E-state index in [4.69, 9.17) is 0 Å². The third-order valence-electron chi connectivity index (χ3n) is 5.52. The van der Waals surface area contributed by atoms with Gasteiger partial charge >= 0.3 is 0 Å². The van der Waals surface area contributed by atoms with E-state index in [1.165, 1.54) is 0 Å². The molecule has 0 unspecified atom stereocenters. The molecule has 0 radical (unpaired) electrons. The van der Waals surface area contributed by atoms with Crippen LogP contribution in [0.5, 0.6) is 0 Å². The van der Waals surface area contributed by atoms with Gasteiger partial charge in [-0.2, -0.15) is 10.2 Å². The lowest BCUT2D eigenvalue weighted by molar-refractivity contribution is -0.126. The molecule has 2 fully saturated rings. The Labute approximate surface area is 141 Å². The molecule has 0 aliphatic heterocycles. The van der Waals surface area contributed by atoms with Crippen molar-refractivity contribution in [2.75, 3.05) is 0 Å². The van der Waals surface area contributed by atoms with E-state index in [1.54, 1.807) is 0 Å². The molecule has 0 aromatic carbocycles. The number of carbonyl (C=O) groups is 2. The molecule has 4 rings (SSSR count). The number of carbonyl (C=O) groups excluding carboxylic acids is 2. The normalized spacial score (nSPS) is 35.3. The summed E-state index contributed by atoms with van der Waals surface area (Å²) in [7, 11) is 0. The van der Waals surface area contributed by atoms with Gasteiger partial charge in [0.05, 0.1) is 0 Å². The summed E-state index contributed by atoms with van der Waals surface area (Å²) in [5, 5.41) is 8.36. The van der Waals surface area contributed by atoms with Crippen LogP contribution in [-0.4, -0.2) is 23.2 Å². The molecule has 2 amide bonds. The third kappa shape index (κ3) is 2.92. The lowest BCUT2D eigenvalue weighted by Crippen LogP contribution is -2.36. The van der Waals surface area contributed by atoms with Crippen LogP contribution in [0, 0.1) is 23.7 Å². The molecular formula is C18H22N4O2. The molecule has 4 atom stereocenters. The van der Waals surface area contributed by atoms with Gasteiger partial charge in [0.15, 0.2) is 0 Å². The molecule has 0 heterocycles. The number of hydrazone groups is 2. The van der Waals surface area contributed by atoms with Crippen molar-refractivity contribution in [3.8, 4) is 0 Å². The van der Waals surface area contributed by atoms with Crippen molar-refractivity contribution >= 4 is 23.2 Å². The maximum absolute atomic E-state index is 11.8. The van der Waals surface area contributed by atoms with Crippen molar-refractivity contribution in [3.05, 3.63) is 24.3 Å². The minimum Gasteiger partial charge on any atom is -0.273 e. The number of rotatable bonds is 5. The Balaban J connectivity index is 1.15. The zero-order valence-corrected chi connectivity index (χ0v) is 13.6. The van der Waals surface area contributed by atoms with Gasteiger partial charge in [-0.1, -0.05) is 24.3 Å². The maximum atomic E-state index is 11.8. The van der Waals surface area contributed by atoms with Gasteiger partial charge in [-0.3, -0.25) is 9.59 Å². The van der Waals surface area contributed by atoms with Crippen LogP contribution in [-0.2, 0) is 9.59 Å². The molecule has 4 aliphatic carbocycles. The number of hydrogen-bond acceptors (Lipinski definition) is 4. The van der Waals surface area contributed by atoms with Crippen molar-refractivity contribution in [2.45, 2.75) is 38.5 Å². The summed E-state index contributed by atoms with van der Waals surface area (Å²) in [5.41, 5.74) is 7.21. The fourth-order valence-corrected chi connectivity index (χ4v) is 3.93. The van der Waals surface area contributed by atoms with Gasteiger partial charge in [0.25, 0.3) is 0 Å². The quantitative estimate of drug-likeness (QED) is 0.597. The fraction of sp³-hybridized carbons (Fsp3) is 0.556. The molecule has 6 heteroatoms. The van der Waals surface area contributed by atoms with Crippen LogP contribution in [0.25, 0.3) is 0 Å². The molecule has 0 aromatic rings. The Bertz CT molecular complexity index is 619. The Morgan fingerprint density at radius 1 is 0.875 bits per heavy atom. The first-order chi connectivity index (χ1) is 11.7. The second kappa shape index (κ2) is 6.34. The van der Waals surface area contributed by atoms with Crippen LogP contribution in [0.4, 0.5) is 0 Å². The van der Waals surface area contributed by atoms with E-state index in [0.717, 1.165) is 37.1 Å². The standard InChI is InChI=1S/C18H22N4O2/c23-17(21-19-15-9-11-3-1-5-13(11)15)7-8-18(24)22-20-16-10-12-4-2-6-14(12)16/h1-2,5-6,11-14H,3-4,7-10H2,(H,21,23)(H,22,24)/b19-15-,20-16-/t11-,12-,13-,14+/m1/s1. The van der Waals surface area contributed by atoms with Crippen LogP contribution in [0.2, 0.25) is 0 Å². The zero-order valence-electron chi connectivity index (χ0n) is 13.6. The second-order valence-corrected chi connectivity index (χ2v) is 7.08. The Morgan fingerprint density at radius 2 is 1.33 bits per heavy atom. The predicted octanol–water partition coefficient (Wildman–Crippen LogP) is 1.90. The highest BCUT2D eigenvalue weighted by Crippen LogP contribution is 2.40. The van der Waals surface area contributed by atoms with Gasteiger partial charge in [0.2, 0.25) is 11.8 Å². The maximum Gasteiger partial charge on any atom is 0.240 e. The zero-order chi connectivity index (χ0) is 16.5. The monoisotopic (exact) mass is 326 g/mol. The van der Waals surface area contributed by atoms with Crippen LogP contribution in [0.1, 0.15) is 38.5 Å². The van der Waals surface area contributed by atoms with Crippen molar-refractivity contribution in [2.24, 2.45) is 33.9 Å². The smallest absolute Gasteiger partial charge is 0.240 e. The van der Waals surface area contributed by atoms with Crippen molar-refractivity contribution in [3.63, 3.8) is 0 Å². The minimum atomic E-state index is -0.224. The van der Waals surface area contributed by atoms with Crippen LogP contribution in [0.3, 0.4) is 0 Å².